The molecule has 0 bridgehead atoms. The van der Waals surface area contributed by atoms with Gasteiger partial charge in [0.1, 0.15) is 17.6 Å². The molecule has 9 heteroatoms. The summed E-state index contributed by atoms with van der Waals surface area (Å²) in [6, 6.07) is 9.33. The summed E-state index contributed by atoms with van der Waals surface area (Å²) in [6.07, 6.45) is 1.87. The van der Waals surface area contributed by atoms with E-state index >= 15 is 0 Å². The lowest BCUT2D eigenvalue weighted by atomic mass is 9.87. The second-order valence-electron chi connectivity index (χ2n) is 8.03. The molecule has 2 aromatic heterocycles. The molecule has 2 N–H and O–H groups in total. The zero-order valence-corrected chi connectivity index (χ0v) is 20.2. The standard InChI is InChI=1S/C21H23Cl2N3O2S2/c1-20(2,3)30(28)26-21(4,13-6-5-7-15(22)8-13)14-9-17(29-11-14)18(27)16-10-24-12-25-19(16)23/h5-12,18,26-27H,1-4H3/t18-,21+,30?/m0/s1. The summed E-state index contributed by atoms with van der Waals surface area (Å²) < 4.78 is 15.8. The Morgan fingerprint density at radius 3 is 2.53 bits per heavy atom. The predicted molar refractivity (Wildman–Crippen MR) is 124 cm³/mol. The van der Waals surface area contributed by atoms with E-state index in [0.717, 1.165) is 11.1 Å². The highest BCUT2D eigenvalue weighted by Gasteiger charge is 2.35. The Bertz CT molecular complexity index is 1070. The summed E-state index contributed by atoms with van der Waals surface area (Å²) in [7, 11) is -1.35. The first-order valence-corrected chi connectivity index (χ1v) is 12.0. The maximum absolute atomic E-state index is 13.0. The number of aromatic nitrogens is 2. The third-order valence-corrected chi connectivity index (χ3v) is 7.95. The molecule has 0 spiro atoms. The Hall–Kier alpha value is -1.35. The zero-order chi connectivity index (χ0) is 22.1. The van der Waals surface area contributed by atoms with E-state index in [2.05, 4.69) is 14.7 Å². The molecule has 0 aliphatic carbocycles. The van der Waals surface area contributed by atoms with E-state index in [1.165, 1.54) is 23.9 Å². The van der Waals surface area contributed by atoms with Crippen LogP contribution in [0.3, 0.4) is 0 Å². The van der Waals surface area contributed by atoms with Gasteiger partial charge in [-0.1, -0.05) is 35.3 Å². The van der Waals surface area contributed by atoms with E-state index in [1.807, 2.05) is 57.3 Å². The maximum atomic E-state index is 13.0. The van der Waals surface area contributed by atoms with E-state index in [9.17, 15) is 9.32 Å². The fourth-order valence-corrected chi connectivity index (χ4v) is 5.16. The lowest BCUT2D eigenvalue weighted by Crippen LogP contribution is -2.46. The Morgan fingerprint density at radius 1 is 1.17 bits per heavy atom. The second-order valence-corrected chi connectivity index (χ2v) is 11.7. The van der Waals surface area contributed by atoms with Crippen molar-refractivity contribution in [2.45, 2.75) is 44.1 Å². The lowest BCUT2D eigenvalue weighted by Gasteiger charge is -2.33. The molecule has 0 saturated heterocycles. The molecular weight excluding hydrogens is 461 g/mol. The normalized spacial score (nSPS) is 16.1. The Morgan fingerprint density at radius 2 is 1.90 bits per heavy atom. The van der Waals surface area contributed by atoms with Crippen molar-refractivity contribution in [3.8, 4) is 0 Å². The number of benzene rings is 1. The fourth-order valence-electron chi connectivity index (χ4n) is 2.84. The summed E-state index contributed by atoms with van der Waals surface area (Å²) in [5.41, 5.74) is 1.36. The molecule has 3 aromatic rings. The highest BCUT2D eigenvalue weighted by atomic mass is 35.5. The topological polar surface area (TPSA) is 75.1 Å². The first kappa shape index (κ1) is 23.3. The number of halogens is 2. The smallest absolute Gasteiger partial charge is 0.138 e. The summed E-state index contributed by atoms with van der Waals surface area (Å²) in [5.74, 6) is 0. The van der Waals surface area contributed by atoms with Gasteiger partial charge in [-0.3, -0.25) is 0 Å². The highest BCUT2D eigenvalue weighted by molar-refractivity contribution is 7.84. The van der Waals surface area contributed by atoms with Crippen LogP contribution in [-0.4, -0.2) is 24.0 Å². The molecule has 3 rings (SSSR count). The van der Waals surface area contributed by atoms with Crippen molar-refractivity contribution >= 4 is 45.5 Å². The van der Waals surface area contributed by atoms with Crippen LogP contribution in [0.2, 0.25) is 10.2 Å². The maximum Gasteiger partial charge on any atom is 0.138 e. The average Bonchev–Trinajstić information content (AvgIpc) is 3.18. The van der Waals surface area contributed by atoms with Gasteiger partial charge in [0.25, 0.3) is 0 Å². The van der Waals surface area contributed by atoms with Gasteiger partial charge < -0.3 is 5.11 Å². The van der Waals surface area contributed by atoms with E-state index in [1.54, 1.807) is 6.07 Å². The molecule has 0 aliphatic heterocycles. The first-order chi connectivity index (χ1) is 14.0. The average molecular weight is 484 g/mol. The number of hydrogen-bond donors (Lipinski definition) is 2. The molecule has 0 radical (unpaired) electrons. The molecule has 0 aliphatic rings. The Labute approximate surface area is 193 Å². The lowest BCUT2D eigenvalue weighted by molar-refractivity contribution is 0.223. The highest BCUT2D eigenvalue weighted by Crippen LogP contribution is 2.38. The van der Waals surface area contributed by atoms with Crippen molar-refractivity contribution in [1.29, 1.82) is 0 Å². The minimum absolute atomic E-state index is 0.206. The monoisotopic (exact) mass is 483 g/mol. The van der Waals surface area contributed by atoms with Crippen LogP contribution in [0, 0.1) is 0 Å². The van der Waals surface area contributed by atoms with E-state index in [4.69, 9.17) is 23.2 Å². The third kappa shape index (κ3) is 4.93. The number of nitrogens with zero attached hydrogens (tertiary/aromatic N) is 2. The Kier molecular flexibility index (Phi) is 7.01. The summed E-state index contributed by atoms with van der Waals surface area (Å²) in [6.45, 7) is 7.69. The summed E-state index contributed by atoms with van der Waals surface area (Å²) >= 11 is 13.8. The van der Waals surface area contributed by atoms with Crippen LogP contribution in [0.25, 0.3) is 0 Å². The third-order valence-electron chi connectivity index (χ3n) is 4.71. The van der Waals surface area contributed by atoms with E-state index in [0.29, 0.717) is 15.5 Å². The molecule has 160 valence electrons. The van der Waals surface area contributed by atoms with Gasteiger partial charge in [-0.05, 0) is 62.4 Å². The second kappa shape index (κ2) is 9.02. The van der Waals surface area contributed by atoms with E-state index in [-0.39, 0.29) is 5.15 Å². The molecule has 3 atom stereocenters. The van der Waals surface area contributed by atoms with Crippen molar-refractivity contribution in [3.05, 3.63) is 80.0 Å². The van der Waals surface area contributed by atoms with Gasteiger partial charge in [-0.2, -0.15) is 0 Å². The molecule has 2 heterocycles. The zero-order valence-electron chi connectivity index (χ0n) is 17.0. The largest absolute Gasteiger partial charge is 0.383 e. The SMILES string of the molecule is CC(C)(C)S(=O)N[C@](C)(c1cccc(Cl)c1)c1csc([C@@H](O)c2cncnc2Cl)c1. The molecule has 0 amide bonds. The van der Waals surface area contributed by atoms with Crippen molar-refractivity contribution in [2.75, 3.05) is 0 Å². The first-order valence-electron chi connectivity index (χ1n) is 9.20. The number of thiophene rings is 1. The Balaban J connectivity index is 2.05. The fraction of sp³-hybridized carbons (Fsp3) is 0.333. The van der Waals surface area contributed by atoms with Crippen LogP contribution in [0.1, 0.15) is 55.4 Å². The number of nitrogens with one attached hydrogen (secondary N) is 1. The summed E-state index contributed by atoms with van der Waals surface area (Å²) in [4.78, 5) is 8.57. The number of hydrogen-bond acceptors (Lipinski definition) is 5. The van der Waals surface area contributed by atoms with Crippen molar-refractivity contribution in [2.24, 2.45) is 0 Å². The van der Waals surface area contributed by atoms with Crippen molar-refractivity contribution in [1.82, 2.24) is 14.7 Å². The molecule has 5 nitrogen and oxygen atoms in total. The summed E-state index contributed by atoms with van der Waals surface area (Å²) in [5, 5.41) is 13.6. The van der Waals surface area contributed by atoms with Gasteiger partial charge in [0.2, 0.25) is 0 Å². The number of rotatable bonds is 6. The van der Waals surface area contributed by atoms with Crippen LogP contribution >= 0.6 is 34.5 Å². The van der Waals surface area contributed by atoms with Gasteiger partial charge in [0.15, 0.2) is 0 Å². The number of aliphatic hydroxyl groups excluding tert-OH is 1. The minimum atomic E-state index is -1.35. The van der Waals surface area contributed by atoms with Crippen LogP contribution in [0.15, 0.2) is 48.2 Å². The molecule has 30 heavy (non-hydrogen) atoms. The van der Waals surface area contributed by atoms with Gasteiger partial charge in [0, 0.05) is 21.7 Å². The molecule has 1 unspecified atom stereocenters. The minimum Gasteiger partial charge on any atom is -0.383 e. The van der Waals surface area contributed by atoms with Crippen LogP contribution < -0.4 is 4.72 Å². The van der Waals surface area contributed by atoms with Crippen LogP contribution in [0.4, 0.5) is 0 Å². The van der Waals surface area contributed by atoms with Crippen LogP contribution in [0.5, 0.6) is 0 Å². The van der Waals surface area contributed by atoms with Gasteiger partial charge in [-0.25, -0.2) is 18.9 Å². The molecule has 0 saturated carbocycles. The van der Waals surface area contributed by atoms with Crippen molar-refractivity contribution in [3.63, 3.8) is 0 Å². The van der Waals surface area contributed by atoms with Crippen LogP contribution in [-0.2, 0) is 16.5 Å². The van der Waals surface area contributed by atoms with Gasteiger partial charge >= 0.3 is 0 Å². The predicted octanol–water partition coefficient (Wildman–Crippen LogP) is 5.24. The quantitative estimate of drug-likeness (QED) is 0.469. The van der Waals surface area contributed by atoms with Gasteiger partial charge in [0.05, 0.1) is 21.3 Å². The molecule has 1 aromatic carbocycles. The van der Waals surface area contributed by atoms with E-state index < -0.39 is 27.4 Å². The van der Waals surface area contributed by atoms with Gasteiger partial charge in [-0.15, -0.1) is 11.3 Å². The molecule has 0 fully saturated rings. The number of aliphatic hydroxyl groups is 1. The molecular formula is C21H23Cl2N3O2S2. The van der Waals surface area contributed by atoms with Crippen molar-refractivity contribution < 1.29 is 9.32 Å².